The number of benzene rings is 1. The Labute approximate surface area is 97.6 Å². The van der Waals surface area contributed by atoms with E-state index >= 15 is 0 Å². The zero-order chi connectivity index (χ0) is 11.5. The van der Waals surface area contributed by atoms with Crippen molar-refractivity contribution in [2.75, 3.05) is 25.3 Å². The number of aliphatic hydroxyl groups is 2. The van der Waals surface area contributed by atoms with E-state index in [0.717, 1.165) is 0 Å². The lowest BCUT2D eigenvalue weighted by Gasteiger charge is -2.13. The molecule has 1 aliphatic rings. The Morgan fingerprint density at radius 1 is 1.44 bits per heavy atom. The Balaban J connectivity index is 2.16. The van der Waals surface area contributed by atoms with Crippen LogP contribution in [0.3, 0.4) is 0 Å². The third kappa shape index (κ3) is 2.16. The summed E-state index contributed by atoms with van der Waals surface area (Å²) in [6, 6.07) is 3.40. The van der Waals surface area contributed by atoms with Gasteiger partial charge in [-0.1, -0.05) is 11.6 Å². The second-order valence-electron chi connectivity index (χ2n) is 3.37. The van der Waals surface area contributed by atoms with Crippen molar-refractivity contribution in [3.8, 4) is 11.5 Å². The van der Waals surface area contributed by atoms with Crippen LogP contribution >= 0.6 is 11.6 Å². The number of hydrogen-bond donors (Lipinski definition) is 3. The highest BCUT2D eigenvalue weighted by molar-refractivity contribution is 6.33. The van der Waals surface area contributed by atoms with Crippen LogP contribution in [0.25, 0.3) is 0 Å². The van der Waals surface area contributed by atoms with Crippen LogP contribution in [0.15, 0.2) is 12.1 Å². The number of fused-ring (bicyclic) bond motifs is 1. The lowest BCUT2D eigenvalue weighted by atomic mass is 10.2. The van der Waals surface area contributed by atoms with Crippen molar-refractivity contribution in [2.45, 2.75) is 6.10 Å². The first-order valence-corrected chi connectivity index (χ1v) is 5.21. The van der Waals surface area contributed by atoms with Gasteiger partial charge in [-0.2, -0.15) is 0 Å². The summed E-state index contributed by atoms with van der Waals surface area (Å²) in [6.45, 7) is 0.0416. The standard InChI is InChI=1S/C10H12ClNO4/c11-7-1-2-8-10(16-5-15-8)9(7)12-3-6(14)4-13/h1-2,6,12-14H,3-5H2. The first kappa shape index (κ1) is 11.3. The molecular formula is C10H12ClNO4. The van der Waals surface area contributed by atoms with Gasteiger partial charge in [-0.3, -0.25) is 0 Å². The van der Waals surface area contributed by atoms with Gasteiger partial charge < -0.3 is 25.0 Å². The Hall–Kier alpha value is -1.17. The number of hydrogen-bond acceptors (Lipinski definition) is 5. The molecule has 0 radical (unpaired) electrons. The van der Waals surface area contributed by atoms with Crippen molar-refractivity contribution in [1.29, 1.82) is 0 Å². The van der Waals surface area contributed by atoms with E-state index in [4.69, 9.17) is 26.2 Å². The van der Waals surface area contributed by atoms with Gasteiger partial charge in [0, 0.05) is 6.54 Å². The number of nitrogens with one attached hydrogen (secondary N) is 1. The maximum absolute atomic E-state index is 9.23. The molecular weight excluding hydrogens is 234 g/mol. The van der Waals surface area contributed by atoms with Gasteiger partial charge in [0.2, 0.25) is 6.79 Å². The molecule has 1 aromatic rings. The van der Waals surface area contributed by atoms with Crippen molar-refractivity contribution in [1.82, 2.24) is 0 Å². The molecule has 0 aromatic heterocycles. The minimum Gasteiger partial charge on any atom is -0.454 e. The fraction of sp³-hybridized carbons (Fsp3) is 0.400. The minimum atomic E-state index is -0.839. The lowest BCUT2D eigenvalue weighted by Crippen LogP contribution is -2.23. The number of aliphatic hydroxyl groups excluding tert-OH is 2. The maximum Gasteiger partial charge on any atom is 0.231 e. The molecule has 1 unspecified atom stereocenters. The van der Waals surface area contributed by atoms with Crippen molar-refractivity contribution >= 4 is 17.3 Å². The van der Waals surface area contributed by atoms with Crippen LogP contribution in [-0.4, -0.2) is 36.3 Å². The molecule has 1 atom stereocenters. The summed E-state index contributed by atoms with van der Waals surface area (Å²) in [7, 11) is 0. The Morgan fingerprint density at radius 2 is 2.25 bits per heavy atom. The van der Waals surface area contributed by atoms with Crippen LogP contribution in [-0.2, 0) is 0 Å². The fourth-order valence-corrected chi connectivity index (χ4v) is 1.61. The molecule has 0 spiro atoms. The summed E-state index contributed by atoms with van der Waals surface area (Å²) in [5, 5.41) is 21.3. The largest absolute Gasteiger partial charge is 0.454 e. The summed E-state index contributed by atoms with van der Waals surface area (Å²) in [5.41, 5.74) is 0.573. The number of rotatable bonds is 4. The molecule has 0 amide bonds. The van der Waals surface area contributed by atoms with Crippen LogP contribution in [0, 0.1) is 0 Å². The number of anilines is 1. The summed E-state index contributed by atoms with van der Waals surface area (Å²) in [6.07, 6.45) is -0.839. The second kappa shape index (κ2) is 4.78. The van der Waals surface area contributed by atoms with Crippen molar-refractivity contribution in [2.24, 2.45) is 0 Å². The average molecular weight is 246 g/mol. The van der Waals surface area contributed by atoms with Crippen LogP contribution < -0.4 is 14.8 Å². The first-order valence-electron chi connectivity index (χ1n) is 4.83. The van der Waals surface area contributed by atoms with Crippen molar-refractivity contribution in [3.05, 3.63) is 17.2 Å². The van der Waals surface area contributed by atoms with Crippen molar-refractivity contribution < 1.29 is 19.7 Å². The number of halogens is 1. The molecule has 5 nitrogen and oxygen atoms in total. The van der Waals surface area contributed by atoms with E-state index in [1.54, 1.807) is 12.1 Å². The van der Waals surface area contributed by atoms with E-state index in [1.807, 2.05) is 0 Å². The Bertz CT molecular complexity index is 385. The van der Waals surface area contributed by atoms with E-state index in [9.17, 15) is 5.11 Å². The van der Waals surface area contributed by atoms with Gasteiger partial charge in [-0.05, 0) is 12.1 Å². The molecule has 1 aromatic carbocycles. The smallest absolute Gasteiger partial charge is 0.231 e. The normalized spacial score (nSPS) is 14.9. The highest BCUT2D eigenvalue weighted by Gasteiger charge is 2.20. The van der Waals surface area contributed by atoms with E-state index in [1.165, 1.54) is 0 Å². The van der Waals surface area contributed by atoms with Gasteiger partial charge >= 0.3 is 0 Å². The van der Waals surface area contributed by atoms with E-state index < -0.39 is 6.10 Å². The van der Waals surface area contributed by atoms with Gasteiger partial charge in [0.1, 0.15) is 0 Å². The highest BCUT2D eigenvalue weighted by Crippen LogP contribution is 2.43. The van der Waals surface area contributed by atoms with Gasteiger partial charge in [0.15, 0.2) is 11.5 Å². The molecule has 1 aliphatic heterocycles. The van der Waals surface area contributed by atoms with Gasteiger partial charge in [-0.15, -0.1) is 0 Å². The van der Waals surface area contributed by atoms with E-state index in [0.29, 0.717) is 22.2 Å². The topological polar surface area (TPSA) is 71.0 Å². The predicted octanol–water partition coefficient (Wildman–Crippen LogP) is 0.834. The van der Waals surface area contributed by atoms with E-state index in [2.05, 4.69) is 5.32 Å². The SMILES string of the molecule is OCC(O)CNc1c(Cl)ccc2c1OCO2. The zero-order valence-corrected chi connectivity index (χ0v) is 9.20. The molecule has 6 heteroatoms. The summed E-state index contributed by atoms with van der Waals surface area (Å²) >= 11 is 5.99. The molecule has 0 saturated heterocycles. The van der Waals surface area contributed by atoms with Crippen LogP contribution in [0.5, 0.6) is 11.5 Å². The summed E-state index contributed by atoms with van der Waals surface area (Å²) in [5.74, 6) is 1.16. The molecule has 2 rings (SSSR count). The molecule has 0 saturated carbocycles. The molecule has 3 N–H and O–H groups in total. The van der Waals surface area contributed by atoms with Crippen LogP contribution in [0.2, 0.25) is 5.02 Å². The third-order valence-corrected chi connectivity index (χ3v) is 2.53. The van der Waals surface area contributed by atoms with Gasteiger partial charge in [-0.25, -0.2) is 0 Å². The third-order valence-electron chi connectivity index (χ3n) is 2.21. The van der Waals surface area contributed by atoms with Crippen LogP contribution in [0.4, 0.5) is 5.69 Å². The van der Waals surface area contributed by atoms with E-state index in [-0.39, 0.29) is 19.9 Å². The fourth-order valence-electron chi connectivity index (χ4n) is 1.40. The molecule has 16 heavy (non-hydrogen) atoms. The molecule has 0 fully saturated rings. The average Bonchev–Trinajstić information content (AvgIpc) is 2.75. The summed E-state index contributed by atoms with van der Waals surface area (Å²) < 4.78 is 10.5. The molecule has 0 aliphatic carbocycles. The monoisotopic (exact) mass is 245 g/mol. The van der Waals surface area contributed by atoms with Crippen LogP contribution in [0.1, 0.15) is 0 Å². The zero-order valence-electron chi connectivity index (χ0n) is 8.44. The van der Waals surface area contributed by atoms with Crippen molar-refractivity contribution in [3.63, 3.8) is 0 Å². The molecule has 0 bridgehead atoms. The quantitative estimate of drug-likeness (QED) is 0.733. The predicted molar refractivity (Wildman–Crippen MR) is 59.2 cm³/mol. The molecule has 88 valence electrons. The molecule has 1 heterocycles. The Morgan fingerprint density at radius 3 is 3.00 bits per heavy atom. The summed E-state index contributed by atoms with van der Waals surface area (Å²) in [4.78, 5) is 0. The first-order chi connectivity index (χ1) is 7.72. The second-order valence-corrected chi connectivity index (χ2v) is 3.78. The van der Waals surface area contributed by atoms with Gasteiger partial charge in [0.05, 0.1) is 23.4 Å². The van der Waals surface area contributed by atoms with Gasteiger partial charge in [0.25, 0.3) is 0 Å². The Kier molecular flexibility index (Phi) is 3.38. The maximum atomic E-state index is 9.23. The number of ether oxygens (including phenoxy) is 2. The minimum absolute atomic E-state index is 0.160. The lowest BCUT2D eigenvalue weighted by molar-refractivity contribution is 0.105. The highest BCUT2D eigenvalue weighted by atomic mass is 35.5.